The molecule has 0 spiro atoms. The zero-order chi connectivity index (χ0) is 12.3. The maximum atomic E-state index is 11.7. The van der Waals surface area contributed by atoms with Crippen molar-refractivity contribution in [1.29, 1.82) is 0 Å². The molecule has 1 saturated carbocycles. The van der Waals surface area contributed by atoms with Crippen LogP contribution in [0.15, 0.2) is 6.20 Å². The summed E-state index contributed by atoms with van der Waals surface area (Å²) in [6, 6.07) is 0. The largest absolute Gasteiger partial charge is 0.476 e. The number of nitrogens with zero attached hydrogens (tertiary/aromatic N) is 2. The summed E-state index contributed by atoms with van der Waals surface area (Å²) in [6.45, 7) is 0.775. The lowest BCUT2D eigenvalue weighted by atomic mass is 10.3. The summed E-state index contributed by atoms with van der Waals surface area (Å²) in [5.41, 5.74) is 0.418. The second-order valence-electron chi connectivity index (χ2n) is 4.26. The topological polar surface area (TPSA) is 76.4 Å². The third-order valence-electron chi connectivity index (χ3n) is 2.59. The van der Waals surface area contributed by atoms with Gasteiger partial charge in [-0.3, -0.25) is 9.48 Å². The third kappa shape index (κ3) is 3.20. The maximum absolute atomic E-state index is 11.7. The number of rotatable bonds is 6. The van der Waals surface area contributed by atoms with Crippen molar-refractivity contribution in [1.82, 2.24) is 15.1 Å². The minimum Gasteiger partial charge on any atom is -0.476 e. The number of hydrogen-bond acceptors (Lipinski definition) is 4. The molecule has 0 atom stereocenters. The molecule has 0 bridgehead atoms. The Bertz CT molecular complexity index is 399. The molecule has 6 heteroatoms. The number of nitrogens with one attached hydrogen (secondary N) is 1. The van der Waals surface area contributed by atoms with Crippen molar-refractivity contribution in [3.63, 3.8) is 0 Å². The molecule has 1 aliphatic carbocycles. The number of aliphatic hydroxyl groups excluding tert-OH is 1. The predicted molar refractivity (Wildman–Crippen MR) is 60.8 cm³/mol. The molecular weight excluding hydrogens is 222 g/mol. The van der Waals surface area contributed by atoms with E-state index >= 15 is 0 Å². The smallest absolute Gasteiger partial charge is 0.258 e. The first-order chi connectivity index (χ1) is 8.20. The summed E-state index contributed by atoms with van der Waals surface area (Å²) in [4.78, 5) is 11.7. The number of aryl methyl sites for hydroxylation is 1. The molecule has 0 saturated heterocycles. The van der Waals surface area contributed by atoms with Gasteiger partial charge in [0.2, 0.25) is 5.88 Å². The lowest BCUT2D eigenvalue weighted by Crippen LogP contribution is -2.26. The molecule has 0 unspecified atom stereocenters. The summed E-state index contributed by atoms with van der Waals surface area (Å²) in [6.07, 6.45) is 4.01. The average molecular weight is 239 g/mol. The van der Waals surface area contributed by atoms with Crippen LogP contribution in [0.3, 0.4) is 0 Å². The molecule has 6 nitrogen and oxygen atoms in total. The summed E-state index contributed by atoms with van der Waals surface area (Å²) in [5, 5.41) is 15.3. The van der Waals surface area contributed by atoms with E-state index in [4.69, 9.17) is 9.84 Å². The highest BCUT2D eigenvalue weighted by Gasteiger charge is 2.24. The van der Waals surface area contributed by atoms with Crippen LogP contribution in [-0.4, -0.2) is 40.6 Å². The average Bonchev–Trinajstić information content (AvgIpc) is 3.06. The van der Waals surface area contributed by atoms with Crippen molar-refractivity contribution in [3.05, 3.63) is 11.8 Å². The Morgan fingerprint density at radius 2 is 2.47 bits per heavy atom. The van der Waals surface area contributed by atoms with Gasteiger partial charge in [0.25, 0.3) is 5.91 Å². The minimum atomic E-state index is -0.266. The van der Waals surface area contributed by atoms with Gasteiger partial charge < -0.3 is 15.2 Å². The van der Waals surface area contributed by atoms with Crippen molar-refractivity contribution >= 4 is 5.91 Å². The van der Waals surface area contributed by atoms with Gasteiger partial charge in [-0.05, 0) is 18.8 Å². The molecular formula is C11H17N3O3. The van der Waals surface area contributed by atoms with Crippen LogP contribution >= 0.6 is 0 Å². The van der Waals surface area contributed by atoms with Gasteiger partial charge in [-0.1, -0.05) is 0 Å². The summed E-state index contributed by atoms with van der Waals surface area (Å²) < 4.78 is 7.08. The summed E-state index contributed by atoms with van der Waals surface area (Å²) >= 11 is 0. The molecule has 0 aromatic carbocycles. The molecule has 1 aliphatic rings. The van der Waals surface area contributed by atoms with Crippen molar-refractivity contribution in [2.45, 2.75) is 12.8 Å². The Balaban J connectivity index is 2.00. The molecule has 1 aromatic rings. The molecule has 1 amide bonds. The molecule has 2 N–H and O–H groups in total. The molecule has 17 heavy (non-hydrogen) atoms. The number of aromatic nitrogens is 2. The fraction of sp³-hybridized carbons (Fsp3) is 0.636. The standard InChI is InChI=1S/C11H17N3O3/c1-14-6-9(10(16)12-4-5-15)11(13-14)17-7-8-2-3-8/h6,8,15H,2-5,7H2,1H3,(H,12,16). The van der Waals surface area contributed by atoms with Crippen molar-refractivity contribution in [3.8, 4) is 5.88 Å². The number of hydrogen-bond donors (Lipinski definition) is 2. The highest BCUT2D eigenvalue weighted by molar-refractivity contribution is 5.96. The van der Waals surface area contributed by atoms with Gasteiger partial charge in [0.1, 0.15) is 5.56 Å². The summed E-state index contributed by atoms with van der Waals surface area (Å²) in [7, 11) is 1.74. The van der Waals surface area contributed by atoms with Gasteiger partial charge in [0, 0.05) is 19.8 Å². The number of aliphatic hydroxyl groups is 1. The van der Waals surface area contributed by atoms with Crippen LogP contribution in [0.4, 0.5) is 0 Å². The lowest BCUT2D eigenvalue weighted by molar-refractivity contribution is 0.0940. The summed E-state index contributed by atoms with van der Waals surface area (Å²) in [5.74, 6) is 0.721. The molecule has 0 aliphatic heterocycles. The molecule has 2 rings (SSSR count). The monoisotopic (exact) mass is 239 g/mol. The van der Waals surface area contributed by atoms with Crippen LogP contribution in [-0.2, 0) is 7.05 Å². The minimum absolute atomic E-state index is 0.0791. The van der Waals surface area contributed by atoms with E-state index in [0.717, 1.165) is 0 Å². The van der Waals surface area contributed by atoms with E-state index in [-0.39, 0.29) is 19.1 Å². The number of ether oxygens (including phenoxy) is 1. The van der Waals surface area contributed by atoms with Crippen molar-refractivity contribution < 1.29 is 14.6 Å². The van der Waals surface area contributed by atoms with E-state index in [1.807, 2.05) is 0 Å². The number of carbonyl (C=O) groups is 1. The van der Waals surface area contributed by atoms with E-state index < -0.39 is 0 Å². The van der Waals surface area contributed by atoms with Crippen LogP contribution in [0.1, 0.15) is 23.2 Å². The highest BCUT2D eigenvalue weighted by atomic mass is 16.5. The van der Waals surface area contributed by atoms with Crippen LogP contribution in [0.2, 0.25) is 0 Å². The normalized spacial score (nSPS) is 14.7. The van der Waals surface area contributed by atoms with Gasteiger partial charge in [-0.25, -0.2) is 0 Å². The first kappa shape index (κ1) is 11.9. The molecule has 0 radical (unpaired) electrons. The molecule has 1 heterocycles. The van der Waals surface area contributed by atoms with Gasteiger partial charge in [0.05, 0.1) is 13.2 Å². The van der Waals surface area contributed by atoms with E-state index in [2.05, 4.69) is 10.4 Å². The fourth-order valence-corrected chi connectivity index (χ4v) is 1.48. The highest BCUT2D eigenvalue weighted by Crippen LogP contribution is 2.29. The van der Waals surface area contributed by atoms with Gasteiger partial charge in [-0.2, -0.15) is 0 Å². The van der Waals surface area contributed by atoms with E-state index in [0.29, 0.717) is 24.0 Å². The van der Waals surface area contributed by atoms with Gasteiger partial charge in [-0.15, -0.1) is 5.10 Å². The Hall–Kier alpha value is -1.56. The van der Waals surface area contributed by atoms with Gasteiger partial charge in [0.15, 0.2) is 0 Å². The second-order valence-corrected chi connectivity index (χ2v) is 4.26. The zero-order valence-electron chi connectivity index (χ0n) is 9.85. The molecule has 1 fully saturated rings. The zero-order valence-corrected chi connectivity index (χ0v) is 9.85. The van der Waals surface area contributed by atoms with Crippen molar-refractivity contribution in [2.75, 3.05) is 19.8 Å². The fourth-order valence-electron chi connectivity index (χ4n) is 1.48. The quantitative estimate of drug-likeness (QED) is 0.728. The van der Waals surface area contributed by atoms with Crippen LogP contribution in [0.5, 0.6) is 5.88 Å². The predicted octanol–water partition coefficient (Wildman–Crippen LogP) is -0.0690. The van der Waals surface area contributed by atoms with E-state index in [1.54, 1.807) is 17.9 Å². The Morgan fingerprint density at radius 3 is 3.12 bits per heavy atom. The van der Waals surface area contributed by atoms with E-state index in [9.17, 15) is 4.79 Å². The lowest BCUT2D eigenvalue weighted by Gasteiger charge is -2.04. The maximum Gasteiger partial charge on any atom is 0.258 e. The van der Waals surface area contributed by atoms with Crippen molar-refractivity contribution in [2.24, 2.45) is 13.0 Å². The number of carbonyl (C=O) groups excluding carboxylic acids is 1. The Kier molecular flexibility index (Phi) is 3.63. The SMILES string of the molecule is Cn1cc(C(=O)NCCO)c(OCC2CC2)n1. The van der Waals surface area contributed by atoms with Gasteiger partial charge >= 0.3 is 0 Å². The molecule has 1 aromatic heterocycles. The van der Waals surface area contributed by atoms with Crippen LogP contribution in [0.25, 0.3) is 0 Å². The molecule has 94 valence electrons. The Labute approximate surface area is 99.6 Å². The van der Waals surface area contributed by atoms with Crippen LogP contribution < -0.4 is 10.1 Å². The Morgan fingerprint density at radius 1 is 1.71 bits per heavy atom. The van der Waals surface area contributed by atoms with Crippen LogP contribution in [0, 0.1) is 5.92 Å². The first-order valence-corrected chi connectivity index (χ1v) is 5.76. The van der Waals surface area contributed by atoms with E-state index in [1.165, 1.54) is 12.8 Å². The third-order valence-corrected chi connectivity index (χ3v) is 2.59. The number of amides is 1. The second kappa shape index (κ2) is 5.18. The first-order valence-electron chi connectivity index (χ1n) is 5.76.